The number of hydrogen-bond acceptors (Lipinski definition) is 3. The van der Waals surface area contributed by atoms with Gasteiger partial charge in [-0.1, -0.05) is 6.92 Å². The van der Waals surface area contributed by atoms with Crippen LogP contribution in [0.4, 0.5) is 5.82 Å². The fourth-order valence-corrected chi connectivity index (χ4v) is 1.82. The SMILES string of the molecule is CCc1cnc2c(c1)OC(C)(C)C(=O)N2C. The van der Waals surface area contributed by atoms with Crippen LogP contribution in [-0.2, 0) is 11.2 Å². The molecule has 0 aromatic carbocycles. The average Bonchev–Trinajstić information content (AvgIpc) is 2.25. The fourth-order valence-electron chi connectivity index (χ4n) is 1.82. The molecule has 1 aromatic heterocycles. The van der Waals surface area contributed by atoms with E-state index in [9.17, 15) is 4.79 Å². The van der Waals surface area contributed by atoms with Crippen molar-refractivity contribution in [2.45, 2.75) is 32.8 Å². The number of rotatable bonds is 1. The Bertz CT molecular complexity index is 441. The maximum atomic E-state index is 11.9. The van der Waals surface area contributed by atoms with Gasteiger partial charge in [-0.15, -0.1) is 0 Å². The third-order valence-electron chi connectivity index (χ3n) is 2.80. The van der Waals surface area contributed by atoms with E-state index in [4.69, 9.17) is 4.74 Å². The van der Waals surface area contributed by atoms with Crippen LogP contribution >= 0.6 is 0 Å². The number of carbonyl (C=O) groups is 1. The highest BCUT2D eigenvalue weighted by Gasteiger charge is 2.39. The Morgan fingerprint density at radius 3 is 2.81 bits per heavy atom. The molecule has 4 heteroatoms. The molecule has 1 amide bonds. The second-order valence-electron chi connectivity index (χ2n) is 4.50. The number of aromatic nitrogens is 1. The van der Waals surface area contributed by atoms with Gasteiger partial charge in [0.2, 0.25) is 0 Å². The molecule has 0 N–H and O–H groups in total. The van der Waals surface area contributed by atoms with Crippen LogP contribution in [0.5, 0.6) is 5.75 Å². The topological polar surface area (TPSA) is 42.4 Å². The zero-order valence-electron chi connectivity index (χ0n) is 10.1. The highest BCUT2D eigenvalue weighted by Crippen LogP contribution is 2.35. The molecule has 1 aliphatic heterocycles. The van der Waals surface area contributed by atoms with Gasteiger partial charge in [0.25, 0.3) is 5.91 Å². The lowest BCUT2D eigenvalue weighted by molar-refractivity contribution is -0.132. The van der Waals surface area contributed by atoms with Crippen LogP contribution < -0.4 is 9.64 Å². The van der Waals surface area contributed by atoms with Crippen molar-refractivity contribution in [2.24, 2.45) is 0 Å². The van der Waals surface area contributed by atoms with Crippen LogP contribution in [0.3, 0.4) is 0 Å². The molecule has 0 aliphatic carbocycles. The Hall–Kier alpha value is -1.58. The van der Waals surface area contributed by atoms with Crippen LogP contribution in [0.25, 0.3) is 0 Å². The number of fused-ring (bicyclic) bond motifs is 1. The van der Waals surface area contributed by atoms with Gasteiger partial charge in [-0.25, -0.2) is 4.98 Å². The monoisotopic (exact) mass is 220 g/mol. The lowest BCUT2D eigenvalue weighted by atomic mass is 10.1. The van der Waals surface area contributed by atoms with Gasteiger partial charge in [-0.3, -0.25) is 9.69 Å². The minimum absolute atomic E-state index is 0.0725. The number of anilines is 1. The summed E-state index contributed by atoms with van der Waals surface area (Å²) in [6.07, 6.45) is 2.69. The van der Waals surface area contributed by atoms with E-state index in [1.807, 2.05) is 6.07 Å². The highest BCUT2D eigenvalue weighted by molar-refractivity contribution is 6.00. The first-order valence-electron chi connectivity index (χ1n) is 5.42. The molecule has 0 bridgehead atoms. The van der Waals surface area contributed by atoms with E-state index in [0.29, 0.717) is 11.6 Å². The molecule has 4 nitrogen and oxygen atoms in total. The smallest absolute Gasteiger partial charge is 0.271 e. The van der Waals surface area contributed by atoms with Gasteiger partial charge in [-0.05, 0) is 31.9 Å². The first-order valence-corrected chi connectivity index (χ1v) is 5.42. The van der Waals surface area contributed by atoms with E-state index >= 15 is 0 Å². The van der Waals surface area contributed by atoms with Crippen molar-refractivity contribution in [3.8, 4) is 5.75 Å². The predicted octanol–water partition coefficient (Wildman–Crippen LogP) is 1.78. The fraction of sp³-hybridized carbons (Fsp3) is 0.500. The predicted molar refractivity (Wildman–Crippen MR) is 61.7 cm³/mol. The zero-order valence-corrected chi connectivity index (χ0v) is 10.1. The normalized spacial score (nSPS) is 18.0. The molecule has 0 saturated carbocycles. The van der Waals surface area contributed by atoms with Crippen molar-refractivity contribution in [2.75, 3.05) is 11.9 Å². The molecule has 16 heavy (non-hydrogen) atoms. The molecular weight excluding hydrogens is 204 g/mol. The third kappa shape index (κ3) is 1.54. The van der Waals surface area contributed by atoms with E-state index < -0.39 is 5.60 Å². The molecule has 0 radical (unpaired) electrons. The molecule has 0 unspecified atom stereocenters. The van der Waals surface area contributed by atoms with Gasteiger partial charge in [0.05, 0.1) is 0 Å². The first kappa shape index (κ1) is 10.9. The molecular formula is C12H16N2O2. The molecule has 2 heterocycles. The highest BCUT2D eigenvalue weighted by atomic mass is 16.5. The van der Waals surface area contributed by atoms with Gasteiger partial charge in [-0.2, -0.15) is 0 Å². The summed E-state index contributed by atoms with van der Waals surface area (Å²) in [5.41, 5.74) is 0.299. The minimum atomic E-state index is -0.810. The van der Waals surface area contributed by atoms with Crippen molar-refractivity contribution < 1.29 is 9.53 Å². The van der Waals surface area contributed by atoms with Crippen molar-refractivity contribution in [3.63, 3.8) is 0 Å². The van der Waals surface area contributed by atoms with Crippen LogP contribution in [0.15, 0.2) is 12.3 Å². The quantitative estimate of drug-likeness (QED) is 0.724. The van der Waals surface area contributed by atoms with Gasteiger partial charge >= 0.3 is 0 Å². The van der Waals surface area contributed by atoms with E-state index in [-0.39, 0.29) is 5.91 Å². The molecule has 1 aromatic rings. The number of amides is 1. The first-order chi connectivity index (χ1) is 7.45. The maximum absolute atomic E-state index is 11.9. The summed E-state index contributed by atoms with van der Waals surface area (Å²) in [5.74, 6) is 1.21. The van der Waals surface area contributed by atoms with Crippen LogP contribution in [0.2, 0.25) is 0 Å². The van der Waals surface area contributed by atoms with Gasteiger partial charge in [0.15, 0.2) is 17.2 Å². The Morgan fingerprint density at radius 1 is 1.50 bits per heavy atom. The van der Waals surface area contributed by atoms with E-state index in [2.05, 4.69) is 11.9 Å². The Labute approximate surface area is 95.2 Å². The molecule has 0 saturated heterocycles. The summed E-state index contributed by atoms with van der Waals surface area (Å²) in [6.45, 7) is 5.60. The Morgan fingerprint density at radius 2 is 2.19 bits per heavy atom. The summed E-state index contributed by atoms with van der Waals surface area (Å²) < 4.78 is 5.69. The number of aryl methyl sites for hydroxylation is 1. The Kier molecular flexibility index (Phi) is 2.37. The molecule has 1 aliphatic rings. The molecule has 2 rings (SSSR count). The summed E-state index contributed by atoms with van der Waals surface area (Å²) in [4.78, 5) is 17.7. The van der Waals surface area contributed by atoms with Gasteiger partial charge in [0, 0.05) is 13.2 Å². The largest absolute Gasteiger partial charge is 0.474 e. The second kappa shape index (κ2) is 3.47. The average molecular weight is 220 g/mol. The summed E-state index contributed by atoms with van der Waals surface area (Å²) in [7, 11) is 1.73. The molecule has 86 valence electrons. The standard InChI is InChI=1S/C12H16N2O2/c1-5-8-6-9-10(13-7-8)14(4)11(15)12(2,3)16-9/h6-7H,5H2,1-4H3. The van der Waals surface area contributed by atoms with Gasteiger partial charge in [0.1, 0.15) is 0 Å². The maximum Gasteiger partial charge on any atom is 0.271 e. The number of pyridine rings is 1. The summed E-state index contributed by atoms with van der Waals surface area (Å²) in [6, 6.07) is 1.95. The van der Waals surface area contributed by atoms with E-state index in [1.165, 1.54) is 0 Å². The van der Waals surface area contributed by atoms with Crippen molar-refractivity contribution >= 4 is 11.7 Å². The van der Waals surface area contributed by atoms with E-state index in [1.54, 1.807) is 32.0 Å². The number of nitrogens with zero attached hydrogens (tertiary/aromatic N) is 2. The minimum Gasteiger partial charge on any atom is -0.474 e. The number of likely N-dealkylation sites (N-methyl/N-ethyl adjacent to an activating group) is 1. The molecule has 0 spiro atoms. The lowest BCUT2D eigenvalue weighted by Gasteiger charge is -2.36. The number of ether oxygens (including phenoxy) is 1. The van der Waals surface area contributed by atoms with Crippen molar-refractivity contribution in [1.82, 2.24) is 4.98 Å². The van der Waals surface area contributed by atoms with Crippen molar-refractivity contribution in [3.05, 3.63) is 17.8 Å². The lowest BCUT2D eigenvalue weighted by Crippen LogP contribution is -2.51. The number of hydrogen-bond donors (Lipinski definition) is 0. The van der Waals surface area contributed by atoms with Crippen LogP contribution in [0.1, 0.15) is 26.3 Å². The second-order valence-corrected chi connectivity index (χ2v) is 4.50. The van der Waals surface area contributed by atoms with E-state index in [0.717, 1.165) is 12.0 Å². The number of carbonyl (C=O) groups excluding carboxylic acids is 1. The summed E-state index contributed by atoms with van der Waals surface area (Å²) >= 11 is 0. The Balaban J connectivity index is 2.51. The van der Waals surface area contributed by atoms with Crippen LogP contribution in [0, 0.1) is 0 Å². The molecule has 0 fully saturated rings. The van der Waals surface area contributed by atoms with Crippen molar-refractivity contribution in [1.29, 1.82) is 0 Å². The summed E-state index contributed by atoms with van der Waals surface area (Å²) in [5, 5.41) is 0. The third-order valence-corrected chi connectivity index (χ3v) is 2.80. The molecule has 0 atom stereocenters. The zero-order chi connectivity index (χ0) is 11.9. The van der Waals surface area contributed by atoms with Gasteiger partial charge < -0.3 is 4.74 Å². The van der Waals surface area contributed by atoms with Crippen LogP contribution in [-0.4, -0.2) is 23.5 Å².